The van der Waals surface area contributed by atoms with Gasteiger partial charge in [0.1, 0.15) is 0 Å². The molecule has 2 unspecified atom stereocenters. The smallest absolute Gasteiger partial charge is 0.295 e. The normalized spacial score (nSPS) is 18.3. The minimum Gasteiger partial charge on any atom is -0.396 e. The SMILES string of the molecule is C/C=C(\C=NC)c1cccc2c1-c1ccccc1C2(O)C(F)(F)P.CC(CO)CO. The Morgan fingerprint density at radius 1 is 1.13 bits per heavy atom. The van der Waals surface area contributed by atoms with Crippen LogP contribution in [0.2, 0.25) is 0 Å². The Hall–Kier alpha value is -1.98. The van der Waals surface area contributed by atoms with E-state index in [1.54, 1.807) is 56.6 Å². The van der Waals surface area contributed by atoms with E-state index >= 15 is 0 Å². The quantitative estimate of drug-likeness (QED) is 0.490. The molecule has 0 fully saturated rings. The number of aliphatic hydroxyl groups excluding tert-OH is 2. The molecule has 1 aliphatic rings. The molecule has 2 aromatic carbocycles. The van der Waals surface area contributed by atoms with Crippen LogP contribution in [0.3, 0.4) is 0 Å². The maximum Gasteiger partial charge on any atom is 0.295 e. The number of aliphatic imine (C=N–C) groups is 1. The van der Waals surface area contributed by atoms with Crippen molar-refractivity contribution in [3.63, 3.8) is 0 Å². The van der Waals surface area contributed by atoms with Gasteiger partial charge in [0, 0.05) is 43.5 Å². The summed E-state index contributed by atoms with van der Waals surface area (Å²) in [6, 6.07) is 11.9. The lowest BCUT2D eigenvalue weighted by molar-refractivity contribution is -0.0964. The zero-order valence-electron chi connectivity index (χ0n) is 17.3. The van der Waals surface area contributed by atoms with Crippen molar-refractivity contribution >= 4 is 21.0 Å². The van der Waals surface area contributed by atoms with Gasteiger partial charge in [0.25, 0.3) is 5.66 Å². The largest absolute Gasteiger partial charge is 0.396 e. The number of fused-ring (bicyclic) bond motifs is 3. The molecule has 7 heteroatoms. The van der Waals surface area contributed by atoms with Crippen LogP contribution in [-0.2, 0) is 5.60 Å². The number of nitrogens with zero attached hydrogens (tertiary/aromatic N) is 1. The molecule has 3 N–H and O–H groups in total. The lowest BCUT2D eigenvalue weighted by Gasteiger charge is -2.31. The predicted octanol–water partition coefficient (Wildman–Crippen LogP) is 4.08. The number of halogens is 2. The van der Waals surface area contributed by atoms with Crippen molar-refractivity contribution in [1.29, 1.82) is 0 Å². The summed E-state index contributed by atoms with van der Waals surface area (Å²) < 4.78 is 28.8. The Balaban J connectivity index is 0.000000469. The van der Waals surface area contributed by atoms with Crippen LogP contribution in [0.25, 0.3) is 16.7 Å². The summed E-state index contributed by atoms with van der Waals surface area (Å²) in [5.41, 5.74) is -2.49. The van der Waals surface area contributed by atoms with Crippen molar-refractivity contribution < 1.29 is 24.1 Å². The number of allylic oxidation sites excluding steroid dienone is 2. The lowest BCUT2D eigenvalue weighted by atomic mass is 9.90. The van der Waals surface area contributed by atoms with E-state index in [0.717, 1.165) is 11.1 Å². The average molecular weight is 435 g/mol. The van der Waals surface area contributed by atoms with Gasteiger partial charge in [0.05, 0.1) is 0 Å². The molecule has 0 aromatic heterocycles. The third kappa shape index (κ3) is 4.37. The molecule has 0 heterocycles. The fourth-order valence-electron chi connectivity index (χ4n) is 3.40. The van der Waals surface area contributed by atoms with Crippen molar-refractivity contribution in [1.82, 2.24) is 0 Å². The molecule has 2 atom stereocenters. The summed E-state index contributed by atoms with van der Waals surface area (Å²) in [5.74, 6) is 0.0463. The molecular formula is C23H28F2NO3P. The van der Waals surface area contributed by atoms with Crippen LogP contribution in [-0.4, -0.2) is 47.5 Å². The first-order valence-electron chi connectivity index (χ1n) is 9.60. The molecule has 0 radical (unpaired) electrons. The fourth-order valence-corrected chi connectivity index (χ4v) is 3.71. The summed E-state index contributed by atoms with van der Waals surface area (Å²) >= 11 is 0. The summed E-state index contributed by atoms with van der Waals surface area (Å²) in [4.78, 5) is 4.04. The second-order valence-corrected chi connectivity index (χ2v) is 7.93. The first-order valence-corrected chi connectivity index (χ1v) is 10.2. The summed E-state index contributed by atoms with van der Waals surface area (Å²) in [5, 5.41) is 27.4. The fraction of sp³-hybridized carbons (Fsp3) is 0.348. The Bertz CT molecular complexity index is 936. The number of rotatable bonds is 5. The Morgan fingerprint density at radius 3 is 2.23 bits per heavy atom. The van der Waals surface area contributed by atoms with Gasteiger partial charge in [-0.05, 0) is 29.2 Å². The van der Waals surface area contributed by atoms with Crippen LogP contribution in [0.15, 0.2) is 53.5 Å². The van der Waals surface area contributed by atoms with Gasteiger partial charge in [-0.1, -0.05) is 64.7 Å². The van der Waals surface area contributed by atoms with Crippen molar-refractivity contribution in [2.45, 2.75) is 25.1 Å². The van der Waals surface area contributed by atoms with E-state index in [1.165, 1.54) is 9.24 Å². The molecule has 0 saturated carbocycles. The van der Waals surface area contributed by atoms with E-state index in [-0.39, 0.29) is 30.3 Å². The minimum atomic E-state index is -3.40. The van der Waals surface area contributed by atoms with Crippen LogP contribution >= 0.6 is 9.24 Å². The maximum atomic E-state index is 14.4. The molecule has 0 spiro atoms. The molecule has 4 nitrogen and oxygen atoms in total. The van der Waals surface area contributed by atoms with Gasteiger partial charge in [-0.3, -0.25) is 4.99 Å². The number of benzene rings is 2. The van der Waals surface area contributed by atoms with Gasteiger partial charge in [-0.2, -0.15) is 8.78 Å². The molecule has 1 aliphatic carbocycles. The third-order valence-corrected chi connectivity index (χ3v) is 5.45. The van der Waals surface area contributed by atoms with Crippen molar-refractivity contribution in [3.8, 4) is 11.1 Å². The highest BCUT2D eigenvalue weighted by Gasteiger charge is 2.57. The Kier molecular flexibility index (Phi) is 8.00. The van der Waals surface area contributed by atoms with Gasteiger partial charge >= 0.3 is 0 Å². The van der Waals surface area contributed by atoms with E-state index in [4.69, 9.17) is 10.2 Å². The predicted molar refractivity (Wildman–Crippen MR) is 121 cm³/mol. The van der Waals surface area contributed by atoms with Gasteiger partial charge in [0.2, 0.25) is 0 Å². The standard InChI is InChI=1S/C19H18F2NOP.C4H10O2/c1-3-12(11-22-2)13-8-6-10-16-17(13)14-7-4-5-9-15(14)18(16,23)19(20,21)24;1-4(2-5)3-6/h3-11,23H,24H2,1-2H3;4-6H,2-3H2,1H3/b12-3+,22-11?;. The second kappa shape index (κ2) is 9.88. The molecule has 0 amide bonds. The van der Waals surface area contributed by atoms with E-state index in [0.29, 0.717) is 11.1 Å². The van der Waals surface area contributed by atoms with Gasteiger partial charge < -0.3 is 15.3 Å². The molecule has 0 aliphatic heterocycles. The van der Waals surface area contributed by atoms with Gasteiger partial charge in [0.15, 0.2) is 5.60 Å². The zero-order chi connectivity index (χ0) is 22.5. The first-order chi connectivity index (χ1) is 14.2. The summed E-state index contributed by atoms with van der Waals surface area (Å²) in [7, 11) is 3.14. The monoisotopic (exact) mass is 435 g/mol. The molecule has 0 saturated heterocycles. The molecule has 0 bridgehead atoms. The van der Waals surface area contributed by atoms with Crippen molar-refractivity contribution in [3.05, 3.63) is 65.2 Å². The highest BCUT2D eigenvalue weighted by atomic mass is 31.0. The number of alkyl halides is 2. The number of aliphatic hydroxyl groups is 3. The summed E-state index contributed by atoms with van der Waals surface area (Å²) in [6.45, 7) is 3.81. The zero-order valence-corrected chi connectivity index (χ0v) is 18.5. The Labute approximate surface area is 178 Å². The van der Waals surface area contributed by atoms with Crippen LogP contribution in [0, 0.1) is 5.92 Å². The summed E-state index contributed by atoms with van der Waals surface area (Å²) in [6.07, 6.45) is 3.57. The van der Waals surface area contributed by atoms with Crippen molar-refractivity contribution in [2.24, 2.45) is 10.9 Å². The second-order valence-electron chi connectivity index (χ2n) is 7.21. The highest BCUT2D eigenvalue weighted by Crippen LogP contribution is 2.57. The van der Waals surface area contributed by atoms with Crippen LogP contribution in [0.5, 0.6) is 0 Å². The Morgan fingerprint density at radius 2 is 1.73 bits per heavy atom. The third-order valence-electron chi connectivity index (χ3n) is 5.04. The highest BCUT2D eigenvalue weighted by molar-refractivity contribution is 7.18. The lowest BCUT2D eigenvalue weighted by Crippen LogP contribution is -2.40. The van der Waals surface area contributed by atoms with E-state index < -0.39 is 11.3 Å². The average Bonchev–Trinajstić information content (AvgIpc) is 3.02. The van der Waals surface area contributed by atoms with Crippen LogP contribution in [0.1, 0.15) is 30.5 Å². The van der Waals surface area contributed by atoms with Gasteiger partial charge in [-0.25, -0.2) is 0 Å². The molecular weight excluding hydrogens is 407 g/mol. The molecule has 3 rings (SSSR count). The molecule has 162 valence electrons. The van der Waals surface area contributed by atoms with E-state index in [9.17, 15) is 13.9 Å². The van der Waals surface area contributed by atoms with Crippen molar-refractivity contribution in [2.75, 3.05) is 20.3 Å². The molecule has 2 aromatic rings. The topological polar surface area (TPSA) is 73.1 Å². The van der Waals surface area contributed by atoms with Gasteiger partial charge in [-0.15, -0.1) is 0 Å². The number of hydrogen-bond acceptors (Lipinski definition) is 4. The molecule has 30 heavy (non-hydrogen) atoms. The minimum absolute atomic E-state index is 0.0463. The van der Waals surface area contributed by atoms with Crippen LogP contribution < -0.4 is 0 Å². The number of hydrogen-bond donors (Lipinski definition) is 3. The van der Waals surface area contributed by atoms with E-state index in [1.807, 2.05) is 19.1 Å². The maximum absolute atomic E-state index is 14.4. The van der Waals surface area contributed by atoms with Crippen LogP contribution in [0.4, 0.5) is 8.78 Å². The first kappa shape index (κ1) is 24.3. The van der Waals surface area contributed by atoms with E-state index in [2.05, 4.69) is 4.99 Å².